The molecule has 0 aliphatic carbocycles. The van der Waals surface area contributed by atoms with Gasteiger partial charge in [0.1, 0.15) is 0 Å². The summed E-state index contributed by atoms with van der Waals surface area (Å²) in [6, 6.07) is 10.2. The second kappa shape index (κ2) is 4.54. The number of nitrogens with two attached hydrogens (primary N) is 1. The molecule has 0 saturated carbocycles. The van der Waals surface area contributed by atoms with Gasteiger partial charge in [-0.3, -0.25) is 0 Å². The predicted molar refractivity (Wildman–Crippen MR) is 65.1 cm³/mol. The van der Waals surface area contributed by atoms with Crippen LogP contribution in [0.1, 0.15) is 18.9 Å². The molecule has 1 fully saturated rings. The second-order valence-corrected chi connectivity index (χ2v) is 4.51. The molecular weight excluding hydrogens is 198 g/mol. The third-order valence-corrected chi connectivity index (χ3v) is 3.33. The van der Waals surface area contributed by atoms with Crippen LogP contribution in [-0.2, 0) is 0 Å². The van der Waals surface area contributed by atoms with Crippen molar-refractivity contribution < 1.29 is 0 Å². The van der Waals surface area contributed by atoms with Gasteiger partial charge < -0.3 is 10.6 Å². The maximum atomic E-state index is 8.73. The van der Waals surface area contributed by atoms with Gasteiger partial charge in [-0.25, -0.2) is 0 Å². The molecule has 1 saturated heterocycles. The predicted octanol–water partition coefficient (Wildman–Crippen LogP) is 1.73. The van der Waals surface area contributed by atoms with E-state index >= 15 is 0 Å². The Kier molecular flexibility index (Phi) is 3.12. The van der Waals surface area contributed by atoms with Crippen molar-refractivity contribution >= 4 is 5.69 Å². The Bertz CT molecular complexity index is 389. The number of rotatable bonds is 2. The fraction of sp³-hybridized carbons (Fsp3) is 0.462. The summed E-state index contributed by atoms with van der Waals surface area (Å²) in [5.74, 6) is 0.593. The van der Waals surface area contributed by atoms with Gasteiger partial charge in [0, 0.05) is 24.8 Å². The number of hydrogen-bond donors (Lipinski definition) is 1. The van der Waals surface area contributed by atoms with E-state index in [1.165, 1.54) is 5.69 Å². The Balaban J connectivity index is 2.06. The molecule has 2 atom stereocenters. The van der Waals surface area contributed by atoms with Gasteiger partial charge in [0.2, 0.25) is 0 Å². The van der Waals surface area contributed by atoms with E-state index in [-0.39, 0.29) is 6.04 Å². The zero-order valence-corrected chi connectivity index (χ0v) is 9.56. The van der Waals surface area contributed by atoms with Gasteiger partial charge in [-0.15, -0.1) is 0 Å². The van der Waals surface area contributed by atoms with Crippen LogP contribution in [0.5, 0.6) is 0 Å². The van der Waals surface area contributed by atoms with E-state index in [0.717, 1.165) is 19.5 Å². The first-order chi connectivity index (χ1) is 7.70. The summed E-state index contributed by atoms with van der Waals surface area (Å²) in [7, 11) is 0. The fourth-order valence-electron chi connectivity index (χ4n) is 2.20. The highest BCUT2D eigenvalue weighted by atomic mass is 15.2. The molecule has 2 N–H and O–H groups in total. The molecule has 3 heteroatoms. The lowest BCUT2D eigenvalue weighted by molar-refractivity contribution is 0.488. The van der Waals surface area contributed by atoms with E-state index in [1.807, 2.05) is 24.3 Å². The van der Waals surface area contributed by atoms with Gasteiger partial charge in [-0.2, -0.15) is 5.26 Å². The van der Waals surface area contributed by atoms with Crippen LogP contribution in [0.2, 0.25) is 0 Å². The molecule has 1 aromatic carbocycles. The van der Waals surface area contributed by atoms with E-state index in [2.05, 4.69) is 17.9 Å². The maximum Gasteiger partial charge on any atom is 0.0991 e. The molecule has 1 heterocycles. The van der Waals surface area contributed by atoms with Gasteiger partial charge in [-0.05, 0) is 43.5 Å². The Morgan fingerprint density at radius 1 is 1.44 bits per heavy atom. The van der Waals surface area contributed by atoms with Gasteiger partial charge in [0.05, 0.1) is 11.6 Å². The van der Waals surface area contributed by atoms with Crippen LogP contribution in [-0.4, -0.2) is 19.1 Å². The van der Waals surface area contributed by atoms with Crippen molar-refractivity contribution in [2.75, 3.05) is 18.0 Å². The minimum Gasteiger partial charge on any atom is -0.371 e. The summed E-state index contributed by atoms with van der Waals surface area (Å²) in [5.41, 5.74) is 7.82. The fourth-order valence-corrected chi connectivity index (χ4v) is 2.20. The number of anilines is 1. The first kappa shape index (κ1) is 11.0. The highest BCUT2D eigenvalue weighted by Crippen LogP contribution is 2.25. The van der Waals surface area contributed by atoms with Crippen molar-refractivity contribution in [2.45, 2.75) is 19.4 Å². The standard InChI is InChI=1S/C13H17N3/c1-10(15)12-6-7-16(9-12)13-4-2-11(8-14)3-5-13/h2-5,10,12H,6-7,9,15H2,1H3. The van der Waals surface area contributed by atoms with Gasteiger partial charge in [0.15, 0.2) is 0 Å². The highest BCUT2D eigenvalue weighted by Gasteiger charge is 2.25. The van der Waals surface area contributed by atoms with Crippen LogP contribution in [0.4, 0.5) is 5.69 Å². The van der Waals surface area contributed by atoms with Crippen LogP contribution < -0.4 is 10.6 Å². The minimum absolute atomic E-state index is 0.267. The zero-order valence-electron chi connectivity index (χ0n) is 9.56. The van der Waals surface area contributed by atoms with E-state index < -0.39 is 0 Å². The summed E-state index contributed by atoms with van der Waals surface area (Å²) >= 11 is 0. The summed E-state index contributed by atoms with van der Waals surface area (Å²) in [6.07, 6.45) is 1.16. The molecule has 0 amide bonds. The minimum atomic E-state index is 0.267. The largest absolute Gasteiger partial charge is 0.371 e. The first-order valence-electron chi connectivity index (χ1n) is 5.71. The van der Waals surface area contributed by atoms with Crippen molar-refractivity contribution in [3.63, 3.8) is 0 Å². The summed E-state index contributed by atoms with van der Waals surface area (Å²) in [5, 5.41) is 8.73. The average Bonchev–Trinajstić information content (AvgIpc) is 2.78. The van der Waals surface area contributed by atoms with Crippen LogP contribution in [0.3, 0.4) is 0 Å². The van der Waals surface area contributed by atoms with Crippen LogP contribution in [0.25, 0.3) is 0 Å². The molecule has 1 aliphatic heterocycles. The molecule has 2 rings (SSSR count). The van der Waals surface area contributed by atoms with Crippen LogP contribution >= 0.6 is 0 Å². The van der Waals surface area contributed by atoms with Crippen molar-refractivity contribution in [2.24, 2.45) is 11.7 Å². The lowest BCUT2D eigenvalue weighted by Crippen LogP contribution is -2.29. The Morgan fingerprint density at radius 2 is 2.12 bits per heavy atom. The Labute approximate surface area is 96.5 Å². The van der Waals surface area contributed by atoms with E-state index in [9.17, 15) is 0 Å². The Hall–Kier alpha value is -1.53. The quantitative estimate of drug-likeness (QED) is 0.817. The number of nitrogens with zero attached hydrogens (tertiary/aromatic N) is 2. The second-order valence-electron chi connectivity index (χ2n) is 4.51. The highest BCUT2D eigenvalue weighted by molar-refractivity contribution is 5.50. The number of nitriles is 1. The van der Waals surface area contributed by atoms with E-state index in [0.29, 0.717) is 11.5 Å². The first-order valence-corrected chi connectivity index (χ1v) is 5.71. The number of hydrogen-bond acceptors (Lipinski definition) is 3. The van der Waals surface area contributed by atoms with E-state index in [1.54, 1.807) is 0 Å². The average molecular weight is 215 g/mol. The molecular formula is C13H17N3. The van der Waals surface area contributed by atoms with Gasteiger partial charge in [0.25, 0.3) is 0 Å². The SMILES string of the molecule is CC(N)C1CCN(c2ccc(C#N)cc2)C1. The molecule has 1 aromatic rings. The molecule has 0 aromatic heterocycles. The topological polar surface area (TPSA) is 53.0 Å². The van der Waals surface area contributed by atoms with E-state index in [4.69, 9.17) is 11.0 Å². The molecule has 0 bridgehead atoms. The van der Waals surface area contributed by atoms with Crippen LogP contribution in [0, 0.1) is 17.2 Å². The molecule has 0 radical (unpaired) electrons. The monoisotopic (exact) mass is 215 g/mol. The maximum absolute atomic E-state index is 8.73. The smallest absolute Gasteiger partial charge is 0.0991 e. The normalized spacial score (nSPS) is 21.8. The lowest BCUT2D eigenvalue weighted by Gasteiger charge is -2.19. The van der Waals surface area contributed by atoms with Gasteiger partial charge >= 0.3 is 0 Å². The molecule has 0 spiro atoms. The molecule has 3 nitrogen and oxygen atoms in total. The summed E-state index contributed by atoms with van der Waals surface area (Å²) < 4.78 is 0. The van der Waals surface area contributed by atoms with Crippen molar-refractivity contribution in [1.82, 2.24) is 0 Å². The summed E-state index contributed by atoms with van der Waals surface area (Å²) in [4.78, 5) is 2.34. The van der Waals surface area contributed by atoms with Crippen molar-refractivity contribution in [3.05, 3.63) is 29.8 Å². The lowest BCUT2D eigenvalue weighted by atomic mass is 10.0. The molecule has 1 aliphatic rings. The van der Waals surface area contributed by atoms with Gasteiger partial charge in [-0.1, -0.05) is 0 Å². The van der Waals surface area contributed by atoms with Crippen LogP contribution in [0.15, 0.2) is 24.3 Å². The van der Waals surface area contributed by atoms with Crippen molar-refractivity contribution in [1.29, 1.82) is 5.26 Å². The third kappa shape index (κ3) is 2.17. The molecule has 84 valence electrons. The molecule has 2 unspecified atom stereocenters. The zero-order chi connectivity index (χ0) is 11.5. The Morgan fingerprint density at radius 3 is 2.62 bits per heavy atom. The summed E-state index contributed by atoms with van der Waals surface area (Å²) in [6.45, 7) is 4.18. The molecule has 16 heavy (non-hydrogen) atoms. The number of benzene rings is 1. The third-order valence-electron chi connectivity index (χ3n) is 3.33. The van der Waals surface area contributed by atoms with Crippen molar-refractivity contribution in [3.8, 4) is 6.07 Å².